The van der Waals surface area contributed by atoms with E-state index in [9.17, 15) is 0 Å². The first-order valence-corrected chi connectivity index (χ1v) is 5.57. The van der Waals surface area contributed by atoms with Gasteiger partial charge in [0.25, 0.3) is 0 Å². The summed E-state index contributed by atoms with van der Waals surface area (Å²) in [6.45, 7) is 2.90. The molecule has 0 fully saturated rings. The van der Waals surface area contributed by atoms with Gasteiger partial charge in [-0.3, -0.25) is 4.98 Å². The van der Waals surface area contributed by atoms with Crippen LogP contribution in [0.2, 0.25) is 5.22 Å². The summed E-state index contributed by atoms with van der Waals surface area (Å²) in [7, 11) is 0. The maximum atomic E-state index is 5.99. The highest BCUT2D eigenvalue weighted by Gasteiger charge is 2.17. The van der Waals surface area contributed by atoms with E-state index in [2.05, 4.69) is 17.2 Å². The number of pyridine rings is 1. The van der Waals surface area contributed by atoms with Gasteiger partial charge in [-0.05, 0) is 35.8 Å². The summed E-state index contributed by atoms with van der Waals surface area (Å²) in [6.07, 6.45) is 5.18. The molecule has 0 saturated carbocycles. The Kier molecular flexibility index (Phi) is 3.59. The number of rotatable bonds is 4. The average Bonchev–Trinajstić information content (AvgIpc) is 2.73. The molecular weight excluding hydrogens is 224 g/mol. The molecule has 0 spiro atoms. The maximum Gasteiger partial charge on any atom is 0.198 e. The van der Waals surface area contributed by atoms with Crippen LogP contribution in [-0.2, 0) is 0 Å². The molecule has 1 unspecified atom stereocenters. The Balaban J connectivity index is 2.35. The lowest BCUT2D eigenvalue weighted by atomic mass is 10.0. The van der Waals surface area contributed by atoms with Crippen LogP contribution >= 0.6 is 11.6 Å². The third-order valence-electron chi connectivity index (χ3n) is 2.38. The Hall–Kier alpha value is -1.32. The van der Waals surface area contributed by atoms with Crippen LogP contribution in [-0.4, -0.2) is 11.5 Å². The second-order valence-corrected chi connectivity index (χ2v) is 3.77. The Labute approximate surface area is 99.5 Å². The number of aromatic nitrogens is 1. The van der Waals surface area contributed by atoms with Gasteiger partial charge in [0.15, 0.2) is 5.22 Å². The number of hydrogen-bond donors (Lipinski definition) is 1. The second-order valence-electron chi connectivity index (χ2n) is 3.43. The van der Waals surface area contributed by atoms with Gasteiger partial charge in [-0.15, -0.1) is 0 Å². The van der Waals surface area contributed by atoms with Crippen molar-refractivity contribution in [2.24, 2.45) is 0 Å². The first-order chi connectivity index (χ1) is 7.83. The van der Waals surface area contributed by atoms with Gasteiger partial charge in [0.05, 0.1) is 12.3 Å². The van der Waals surface area contributed by atoms with Crippen LogP contribution in [0.1, 0.15) is 24.1 Å². The lowest BCUT2D eigenvalue weighted by molar-refractivity contribution is 0.555. The third kappa shape index (κ3) is 2.26. The predicted molar refractivity (Wildman–Crippen MR) is 63.5 cm³/mol. The average molecular weight is 237 g/mol. The Morgan fingerprint density at radius 3 is 2.94 bits per heavy atom. The number of furan rings is 1. The zero-order chi connectivity index (χ0) is 11.4. The molecule has 84 valence electrons. The standard InChI is InChI=1S/C12H13ClN2O/c1-2-15-11(9-4-3-6-14-8-9)10-5-7-16-12(10)13/h3-8,11,15H,2H2,1H3. The summed E-state index contributed by atoms with van der Waals surface area (Å²) in [5, 5.41) is 3.78. The lowest BCUT2D eigenvalue weighted by Crippen LogP contribution is -2.21. The molecular formula is C12H13ClN2O. The molecule has 0 radical (unpaired) electrons. The normalized spacial score (nSPS) is 12.6. The second kappa shape index (κ2) is 5.14. The van der Waals surface area contributed by atoms with E-state index >= 15 is 0 Å². The minimum Gasteiger partial charge on any atom is -0.453 e. The molecule has 4 heteroatoms. The van der Waals surface area contributed by atoms with Crippen LogP contribution in [0.5, 0.6) is 0 Å². The SMILES string of the molecule is CCNC(c1cccnc1)c1ccoc1Cl. The van der Waals surface area contributed by atoms with Gasteiger partial charge in [-0.25, -0.2) is 0 Å². The van der Waals surface area contributed by atoms with Crippen molar-refractivity contribution in [3.63, 3.8) is 0 Å². The van der Waals surface area contributed by atoms with E-state index in [-0.39, 0.29) is 6.04 Å². The fraction of sp³-hybridized carbons (Fsp3) is 0.250. The fourth-order valence-electron chi connectivity index (χ4n) is 1.67. The molecule has 2 aromatic heterocycles. The van der Waals surface area contributed by atoms with E-state index < -0.39 is 0 Å². The quantitative estimate of drug-likeness (QED) is 0.887. The third-order valence-corrected chi connectivity index (χ3v) is 2.69. The monoisotopic (exact) mass is 236 g/mol. The highest BCUT2D eigenvalue weighted by atomic mass is 35.5. The predicted octanol–water partition coefficient (Wildman–Crippen LogP) is 3.03. The highest BCUT2D eigenvalue weighted by molar-refractivity contribution is 6.29. The Bertz CT molecular complexity index is 441. The molecule has 0 aliphatic heterocycles. The van der Waals surface area contributed by atoms with E-state index in [0.717, 1.165) is 17.7 Å². The van der Waals surface area contributed by atoms with Gasteiger partial charge in [0.2, 0.25) is 0 Å². The van der Waals surface area contributed by atoms with Crippen molar-refractivity contribution in [3.8, 4) is 0 Å². The molecule has 2 aromatic rings. The van der Waals surface area contributed by atoms with Crippen LogP contribution < -0.4 is 5.32 Å². The van der Waals surface area contributed by atoms with Gasteiger partial charge in [-0.2, -0.15) is 0 Å². The molecule has 0 aliphatic carbocycles. The van der Waals surface area contributed by atoms with E-state index in [1.165, 1.54) is 0 Å². The van der Waals surface area contributed by atoms with Crippen LogP contribution in [0, 0.1) is 0 Å². The van der Waals surface area contributed by atoms with Crippen molar-refractivity contribution >= 4 is 11.6 Å². The lowest BCUT2D eigenvalue weighted by Gasteiger charge is -2.16. The molecule has 0 bridgehead atoms. The van der Waals surface area contributed by atoms with Gasteiger partial charge in [0, 0.05) is 18.0 Å². The minimum atomic E-state index is 0.0324. The number of nitrogens with zero attached hydrogens (tertiary/aromatic N) is 1. The molecule has 0 amide bonds. The summed E-state index contributed by atoms with van der Waals surface area (Å²) in [4.78, 5) is 4.11. The Morgan fingerprint density at radius 2 is 2.38 bits per heavy atom. The van der Waals surface area contributed by atoms with Gasteiger partial charge in [-0.1, -0.05) is 13.0 Å². The van der Waals surface area contributed by atoms with Crippen LogP contribution in [0.4, 0.5) is 0 Å². The van der Waals surface area contributed by atoms with E-state index in [1.54, 1.807) is 12.5 Å². The zero-order valence-corrected chi connectivity index (χ0v) is 9.74. The molecule has 2 rings (SSSR count). The van der Waals surface area contributed by atoms with Gasteiger partial charge in [0.1, 0.15) is 0 Å². The number of nitrogens with one attached hydrogen (secondary N) is 1. The Morgan fingerprint density at radius 1 is 1.50 bits per heavy atom. The first kappa shape index (κ1) is 11.2. The molecule has 2 heterocycles. The first-order valence-electron chi connectivity index (χ1n) is 5.19. The molecule has 0 aromatic carbocycles. The fourth-order valence-corrected chi connectivity index (χ4v) is 1.89. The number of halogens is 1. The zero-order valence-electron chi connectivity index (χ0n) is 8.98. The van der Waals surface area contributed by atoms with Crippen LogP contribution in [0.3, 0.4) is 0 Å². The van der Waals surface area contributed by atoms with Gasteiger partial charge < -0.3 is 9.73 Å². The van der Waals surface area contributed by atoms with Crippen molar-refractivity contribution in [1.82, 2.24) is 10.3 Å². The highest BCUT2D eigenvalue weighted by Crippen LogP contribution is 2.28. The topological polar surface area (TPSA) is 38.1 Å². The molecule has 1 atom stereocenters. The van der Waals surface area contributed by atoms with Gasteiger partial charge >= 0.3 is 0 Å². The summed E-state index contributed by atoms with van der Waals surface area (Å²) >= 11 is 5.99. The van der Waals surface area contributed by atoms with E-state index in [1.807, 2.05) is 24.4 Å². The molecule has 3 nitrogen and oxygen atoms in total. The molecule has 16 heavy (non-hydrogen) atoms. The van der Waals surface area contributed by atoms with Crippen LogP contribution in [0.15, 0.2) is 41.3 Å². The summed E-state index contributed by atoms with van der Waals surface area (Å²) in [6, 6.07) is 5.84. The minimum absolute atomic E-state index is 0.0324. The van der Waals surface area contributed by atoms with E-state index in [0.29, 0.717) is 5.22 Å². The van der Waals surface area contributed by atoms with Crippen molar-refractivity contribution in [3.05, 3.63) is 53.2 Å². The molecule has 1 N–H and O–H groups in total. The van der Waals surface area contributed by atoms with Crippen molar-refractivity contribution in [2.75, 3.05) is 6.54 Å². The van der Waals surface area contributed by atoms with Crippen molar-refractivity contribution in [2.45, 2.75) is 13.0 Å². The summed E-state index contributed by atoms with van der Waals surface area (Å²) < 4.78 is 5.12. The number of hydrogen-bond acceptors (Lipinski definition) is 3. The van der Waals surface area contributed by atoms with Crippen LogP contribution in [0.25, 0.3) is 0 Å². The molecule has 0 saturated heterocycles. The maximum absolute atomic E-state index is 5.99. The summed E-state index contributed by atoms with van der Waals surface area (Å²) in [5.41, 5.74) is 2.02. The van der Waals surface area contributed by atoms with E-state index in [4.69, 9.17) is 16.0 Å². The smallest absolute Gasteiger partial charge is 0.198 e. The van der Waals surface area contributed by atoms with Crippen molar-refractivity contribution < 1.29 is 4.42 Å². The van der Waals surface area contributed by atoms with Crippen molar-refractivity contribution in [1.29, 1.82) is 0 Å². The molecule has 0 aliphatic rings. The summed E-state index contributed by atoms with van der Waals surface area (Å²) in [5.74, 6) is 0. The largest absolute Gasteiger partial charge is 0.453 e.